The standard InChI is InChI=1S/C22H36O3/c1-4-6-8-10-22(11-9-7-5-2)24-15-21(16-25-22)13-18-12-20(23)17(3)19(18)14-21/h18H,4-16H2,1-3H3. The molecule has 2 aliphatic carbocycles. The highest BCUT2D eigenvalue weighted by Gasteiger charge is 2.51. The van der Waals surface area contributed by atoms with Crippen molar-refractivity contribution in [3.63, 3.8) is 0 Å². The third-order valence-electron chi connectivity index (χ3n) is 6.67. The average Bonchev–Trinajstić information content (AvgIpc) is 3.07. The molecule has 3 rings (SSSR count). The summed E-state index contributed by atoms with van der Waals surface area (Å²) < 4.78 is 13.0. The molecule has 3 nitrogen and oxygen atoms in total. The quantitative estimate of drug-likeness (QED) is 0.537. The molecule has 1 saturated carbocycles. The first-order valence-electron chi connectivity index (χ1n) is 10.5. The molecule has 3 aliphatic rings. The number of rotatable bonds is 8. The fourth-order valence-electron chi connectivity index (χ4n) is 5.03. The highest BCUT2D eigenvalue weighted by atomic mass is 16.7. The molecule has 0 aromatic heterocycles. The van der Waals surface area contributed by atoms with E-state index in [0.717, 1.165) is 50.9 Å². The van der Waals surface area contributed by atoms with Crippen LogP contribution in [-0.4, -0.2) is 24.8 Å². The lowest BCUT2D eigenvalue weighted by Gasteiger charge is -2.45. The number of hydrogen-bond donors (Lipinski definition) is 0. The van der Waals surface area contributed by atoms with Crippen molar-refractivity contribution in [3.8, 4) is 0 Å². The molecule has 1 atom stereocenters. The summed E-state index contributed by atoms with van der Waals surface area (Å²) in [5.74, 6) is 0.486. The summed E-state index contributed by atoms with van der Waals surface area (Å²) in [7, 11) is 0. The van der Waals surface area contributed by atoms with Crippen LogP contribution in [0.15, 0.2) is 11.1 Å². The number of hydrogen-bond acceptors (Lipinski definition) is 3. The maximum absolute atomic E-state index is 11.9. The van der Waals surface area contributed by atoms with Gasteiger partial charge in [-0.05, 0) is 44.1 Å². The molecule has 1 spiro atoms. The van der Waals surface area contributed by atoms with E-state index in [9.17, 15) is 4.79 Å². The summed E-state index contributed by atoms with van der Waals surface area (Å²) in [5.41, 5.74) is 2.56. The van der Waals surface area contributed by atoms with E-state index in [0.29, 0.717) is 11.7 Å². The molecule has 0 aromatic rings. The molecule has 142 valence electrons. The van der Waals surface area contributed by atoms with Gasteiger partial charge in [-0.15, -0.1) is 0 Å². The Labute approximate surface area is 153 Å². The number of carbonyl (C=O) groups is 1. The van der Waals surface area contributed by atoms with Crippen LogP contribution in [0, 0.1) is 11.3 Å². The molecular formula is C22H36O3. The highest BCUT2D eigenvalue weighted by molar-refractivity contribution is 5.98. The fraction of sp³-hybridized carbons (Fsp3) is 0.864. The number of Topliss-reactive ketones (excluding diaryl/α,β-unsaturated/α-hetero) is 1. The zero-order valence-corrected chi connectivity index (χ0v) is 16.5. The van der Waals surface area contributed by atoms with Crippen LogP contribution in [0.5, 0.6) is 0 Å². The lowest BCUT2D eigenvalue weighted by Crippen LogP contribution is -2.49. The maximum atomic E-state index is 11.9. The molecule has 1 unspecified atom stereocenters. The van der Waals surface area contributed by atoms with Gasteiger partial charge in [-0.25, -0.2) is 0 Å². The smallest absolute Gasteiger partial charge is 0.168 e. The van der Waals surface area contributed by atoms with Gasteiger partial charge in [-0.3, -0.25) is 4.79 Å². The van der Waals surface area contributed by atoms with E-state index in [1.54, 1.807) is 0 Å². The van der Waals surface area contributed by atoms with Gasteiger partial charge in [-0.2, -0.15) is 0 Å². The first-order chi connectivity index (χ1) is 12.0. The lowest BCUT2D eigenvalue weighted by atomic mass is 9.84. The van der Waals surface area contributed by atoms with Crippen molar-refractivity contribution >= 4 is 5.78 Å². The molecule has 1 aliphatic heterocycles. The molecule has 0 amide bonds. The van der Waals surface area contributed by atoms with Crippen LogP contribution < -0.4 is 0 Å². The van der Waals surface area contributed by atoms with Crippen LogP contribution in [0.3, 0.4) is 0 Å². The summed E-state index contributed by atoms with van der Waals surface area (Å²) in [6.45, 7) is 8.13. The van der Waals surface area contributed by atoms with Crippen molar-refractivity contribution in [1.29, 1.82) is 0 Å². The van der Waals surface area contributed by atoms with Crippen molar-refractivity contribution in [2.24, 2.45) is 11.3 Å². The average molecular weight is 349 g/mol. The Morgan fingerprint density at radius 1 is 1.00 bits per heavy atom. The second kappa shape index (κ2) is 7.92. The minimum atomic E-state index is -0.341. The van der Waals surface area contributed by atoms with Gasteiger partial charge in [0.15, 0.2) is 11.6 Å². The molecule has 0 aromatic carbocycles. The second-order valence-electron chi connectivity index (χ2n) is 8.76. The van der Waals surface area contributed by atoms with Crippen molar-refractivity contribution < 1.29 is 14.3 Å². The Hall–Kier alpha value is -0.670. The summed E-state index contributed by atoms with van der Waals surface area (Å²) >= 11 is 0. The second-order valence-corrected chi connectivity index (χ2v) is 8.76. The van der Waals surface area contributed by atoms with Gasteiger partial charge in [0.2, 0.25) is 0 Å². The Morgan fingerprint density at radius 2 is 1.60 bits per heavy atom. The van der Waals surface area contributed by atoms with Crippen molar-refractivity contribution in [2.45, 2.75) is 97.2 Å². The van der Waals surface area contributed by atoms with Crippen LogP contribution in [0.2, 0.25) is 0 Å². The molecule has 1 heterocycles. The topological polar surface area (TPSA) is 35.5 Å². The van der Waals surface area contributed by atoms with E-state index in [4.69, 9.17) is 9.47 Å². The van der Waals surface area contributed by atoms with Gasteiger partial charge in [0.1, 0.15) is 0 Å². The Balaban J connectivity index is 1.62. The lowest BCUT2D eigenvalue weighted by molar-refractivity contribution is -0.309. The van der Waals surface area contributed by atoms with Gasteiger partial charge in [0.05, 0.1) is 13.2 Å². The van der Waals surface area contributed by atoms with Gasteiger partial charge in [-0.1, -0.05) is 45.1 Å². The third kappa shape index (κ3) is 4.03. The predicted molar refractivity (Wildman–Crippen MR) is 100 cm³/mol. The molecule has 0 bridgehead atoms. The number of ether oxygens (including phenoxy) is 2. The van der Waals surface area contributed by atoms with Crippen LogP contribution >= 0.6 is 0 Å². The molecule has 0 N–H and O–H groups in total. The van der Waals surface area contributed by atoms with Crippen LogP contribution in [0.25, 0.3) is 0 Å². The van der Waals surface area contributed by atoms with E-state index in [-0.39, 0.29) is 11.2 Å². The van der Waals surface area contributed by atoms with E-state index >= 15 is 0 Å². The van der Waals surface area contributed by atoms with Crippen LogP contribution in [0.1, 0.15) is 91.4 Å². The van der Waals surface area contributed by atoms with Crippen molar-refractivity contribution in [3.05, 3.63) is 11.1 Å². The molecular weight excluding hydrogens is 312 g/mol. The van der Waals surface area contributed by atoms with Gasteiger partial charge in [0.25, 0.3) is 0 Å². The summed E-state index contributed by atoms with van der Waals surface area (Å²) in [6.07, 6.45) is 12.2. The van der Waals surface area contributed by atoms with E-state index in [1.807, 2.05) is 6.92 Å². The fourth-order valence-corrected chi connectivity index (χ4v) is 5.03. The Kier molecular flexibility index (Phi) is 6.05. The number of unbranched alkanes of at least 4 members (excludes halogenated alkanes) is 4. The van der Waals surface area contributed by atoms with Crippen molar-refractivity contribution in [1.82, 2.24) is 0 Å². The minimum absolute atomic E-state index is 0.126. The van der Waals surface area contributed by atoms with Crippen LogP contribution in [-0.2, 0) is 14.3 Å². The Morgan fingerprint density at radius 3 is 2.12 bits per heavy atom. The molecule has 25 heavy (non-hydrogen) atoms. The number of carbonyl (C=O) groups excluding carboxylic acids is 1. The molecule has 3 heteroatoms. The number of fused-ring (bicyclic) bond motifs is 1. The Bertz CT molecular complexity index is 499. The van der Waals surface area contributed by atoms with Gasteiger partial charge in [0, 0.05) is 24.7 Å². The third-order valence-corrected chi connectivity index (χ3v) is 6.67. The normalized spacial score (nSPS) is 27.3. The zero-order valence-electron chi connectivity index (χ0n) is 16.5. The van der Waals surface area contributed by atoms with Gasteiger partial charge >= 0.3 is 0 Å². The first kappa shape index (κ1) is 19.1. The monoisotopic (exact) mass is 348 g/mol. The highest BCUT2D eigenvalue weighted by Crippen LogP contribution is 2.54. The predicted octanol–water partition coefficient (Wildman–Crippen LogP) is 5.58. The maximum Gasteiger partial charge on any atom is 0.168 e. The van der Waals surface area contributed by atoms with E-state index < -0.39 is 0 Å². The molecule has 0 radical (unpaired) electrons. The largest absolute Gasteiger partial charge is 0.349 e. The van der Waals surface area contributed by atoms with Crippen molar-refractivity contribution in [2.75, 3.05) is 13.2 Å². The number of ketones is 1. The molecule has 2 fully saturated rings. The SMILES string of the molecule is CCCCCC1(CCCCC)OCC2(CO1)CC1=C(C)C(=O)CC1C2. The zero-order chi connectivity index (χ0) is 17.9. The van der Waals surface area contributed by atoms with Crippen LogP contribution in [0.4, 0.5) is 0 Å². The summed E-state index contributed by atoms with van der Waals surface area (Å²) in [4.78, 5) is 11.9. The minimum Gasteiger partial charge on any atom is -0.349 e. The van der Waals surface area contributed by atoms with E-state index in [2.05, 4.69) is 13.8 Å². The molecule has 1 saturated heterocycles. The van der Waals surface area contributed by atoms with E-state index in [1.165, 1.54) is 44.1 Å². The first-order valence-corrected chi connectivity index (χ1v) is 10.5. The summed E-state index contributed by atoms with van der Waals surface area (Å²) in [6, 6.07) is 0. The summed E-state index contributed by atoms with van der Waals surface area (Å²) in [5, 5.41) is 0. The van der Waals surface area contributed by atoms with Gasteiger partial charge < -0.3 is 9.47 Å². The number of allylic oxidation sites excluding steroid dienone is 2.